The third kappa shape index (κ3) is 5.81. The van der Waals surface area contributed by atoms with Crippen molar-refractivity contribution < 1.29 is 13.9 Å². The summed E-state index contributed by atoms with van der Waals surface area (Å²) in [5.41, 5.74) is 2.73. The number of halogens is 1. The van der Waals surface area contributed by atoms with Crippen LogP contribution in [-0.2, 0) is 19.6 Å². The second-order valence-electron chi connectivity index (χ2n) is 6.58. The van der Waals surface area contributed by atoms with Gasteiger partial charge in [0.05, 0.1) is 7.11 Å². The molecule has 0 spiro atoms. The Morgan fingerprint density at radius 3 is 2.55 bits per heavy atom. The largest absolute Gasteiger partial charge is 0.493 e. The van der Waals surface area contributed by atoms with Crippen molar-refractivity contribution in [2.45, 2.75) is 19.6 Å². The summed E-state index contributed by atoms with van der Waals surface area (Å²) < 4.78 is 25.2. The monoisotopic (exact) mass is 390 g/mol. The number of terminal acetylenes is 1. The number of ether oxygens (including phenoxy) is 2. The minimum atomic E-state index is -0.209. The van der Waals surface area contributed by atoms with Gasteiger partial charge in [0.25, 0.3) is 0 Å². The van der Waals surface area contributed by atoms with Gasteiger partial charge < -0.3 is 9.47 Å². The molecule has 0 bridgehead atoms. The van der Waals surface area contributed by atoms with Crippen molar-refractivity contribution >= 4 is 0 Å². The van der Waals surface area contributed by atoms with Crippen LogP contribution in [0.3, 0.4) is 0 Å². The minimum Gasteiger partial charge on any atom is -0.493 e. The van der Waals surface area contributed by atoms with Crippen LogP contribution in [0.4, 0.5) is 4.39 Å². The quantitative estimate of drug-likeness (QED) is 0.506. The average Bonchev–Trinajstić information content (AvgIpc) is 2.75. The van der Waals surface area contributed by atoms with E-state index in [1.807, 2.05) is 48.7 Å². The molecule has 3 aromatic rings. The maximum atomic E-state index is 14.2. The summed E-state index contributed by atoms with van der Waals surface area (Å²) in [6.45, 7) is 1.89. The summed E-state index contributed by atoms with van der Waals surface area (Å²) in [5.74, 6) is 3.45. The Labute approximate surface area is 170 Å². The van der Waals surface area contributed by atoms with E-state index in [4.69, 9.17) is 15.9 Å². The Balaban J connectivity index is 1.82. The smallest absolute Gasteiger partial charge is 0.162 e. The van der Waals surface area contributed by atoms with Crippen molar-refractivity contribution in [1.29, 1.82) is 0 Å². The second-order valence-corrected chi connectivity index (χ2v) is 6.58. The van der Waals surface area contributed by atoms with Crippen LogP contribution in [0.1, 0.15) is 16.7 Å². The SMILES string of the molecule is C#CCOc1ccc(CN(Cc2cccnc2)Cc2ccccc2F)cc1OC. The molecule has 0 saturated carbocycles. The summed E-state index contributed by atoms with van der Waals surface area (Å²) in [4.78, 5) is 6.34. The molecule has 0 amide bonds. The van der Waals surface area contributed by atoms with E-state index in [2.05, 4.69) is 15.8 Å². The number of pyridine rings is 1. The zero-order valence-electron chi connectivity index (χ0n) is 16.3. The van der Waals surface area contributed by atoms with Gasteiger partial charge in [0.15, 0.2) is 11.5 Å². The number of methoxy groups -OCH3 is 1. The van der Waals surface area contributed by atoms with Crippen LogP contribution in [0.25, 0.3) is 0 Å². The van der Waals surface area contributed by atoms with Crippen LogP contribution >= 0.6 is 0 Å². The van der Waals surface area contributed by atoms with Gasteiger partial charge in [-0.3, -0.25) is 9.88 Å². The lowest BCUT2D eigenvalue weighted by molar-refractivity contribution is 0.243. The first-order chi connectivity index (χ1) is 14.2. The van der Waals surface area contributed by atoms with Crippen molar-refractivity contribution in [2.24, 2.45) is 0 Å². The van der Waals surface area contributed by atoms with E-state index in [9.17, 15) is 4.39 Å². The highest BCUT2D eigenvalue weighted by Crippen LogP contribution is 2.29. The molecule has 0 unspecified atom stereocenters. The third-order valence-corrected chi connectivity index (χ3v) is 4.43. The predicted octanol–water partition coefficient (Wildman–Crippen LogP) is 4.44. The molecule has 29 heavy (non-hydrogen) atoms. The second kappa shape index (κ2) is 10.3. The van der Waals surface area contributed by atoms with E-state index >= 15 is 0 Å². The molecule has 0 aliphatic rings. The van der Waals surface area contributed by atoms with E-state index in [1.165, 1.54) is 6.07 Å². The molecule has 0 radical (unpaired) electrons. The molecule has 2 aromatic carbocycles. The van der Waals surface area contributed by atoms with Crippen molar-refractivity contribution in [1.82, 2.24) is 9.88 Å². The number of rotatable bonds is 9. The van der Waals surface area contributed by atoms with Gasteiger partial charge in [-0.2, -0.15) is 0 Å². The zero-order chi connectivity index (χ0) is 20.5. The first-order valence-electron chi connectivity index (χ1n) is 9.27. The minimum absolute atomic E-state index is 0.177. The molecule has 0 fully saturated rings. The molecule has 0 N–H and O–H groups in total. The number of hydrogen-bond donors (Lipinski definition) is 0. The van der Waals surface area contributed by atoms with Crippen LogP contribution in [0.5, 0.6) is 11.5 Å². The Kier molecular flexibility index (Phi) is 7.21. The van der Waals surface area contributed by atoms with E-state index in [-0.39, 0.29) is 12.4 Å². The van der Waals surface area contributed by atoms with Crippen LogP contribution in [-0.4, -0.2) is 23.6 Å². The van der Waals surface area contributed by atoms with E-state index in [0.29, 0.717) is 36.7 Å². The maximum absolute atomic E-state index is 14.2. The fraction of sp³-hybridized carbons (Fsp3) is 0.208. The van der Waals surface area contributed by atoms with E-state index in [0.717, 1.165) is 11.1 Å². The van der Waals surface area contributed by atoms with Gasteiger partial charge in [-0.15, -0.1) is 6.42 Å². The van der Waals surface area contributed by atoms with Gasteiger partial charge >= 0.3 is 0 Å². The summed E-state index contributed by atoms with van der Waals surface area (Å²) in [6.07, 6.45) is 8.83. The van der Waals surface area contributed by atoms with Crippen molar-refractivity contribution in [3.8, 4) is 23.8 Å². The van der Waals surface area contributed by atoms with Crippen LogP contribution < -0.4 is 9.47 Å². The molecular weight excluding hydrogens is 367 g/mol. The molecule has 0 aliphatic heterocycles. The number of nitrogens with zero attached hydrogens (tertiary/aromatic N) is 2. The van der Waals surface area contributed by atoms with Gasteiger partial charge in [-0.1, -0.05) is 36.3 Å². The average molecular weight is 390 g/mol. The fourth-order valence-electron chi connectivity index (χ4n) is 3.09. The highest BCUT2D eigenvalue weighted by Gasteiger charge is 2.13. The molecule has 5 heteroatoms. The number of aromatic nitrogens is 1. The lowest BCUT2D eigenvalue weighted by Gasteiger charge is -2.23. The fourth-order valence-corrected chi connectivity index (χ4v) is 3.09. The zero-order valence-corrected chi connectivity index (χ0v) is 16.3. The number of benzene rings is 2. The van der Waals surface area contributed by atoms with Crippen molar-refractivity contribution in [3.05, 3.63) is 89.5 Å². The molecule has 3 rings (SSSR count). The molecule has 0 atom stereocenters. The number of hydrogen-bond acceptors (Lipinski definition) is 4. The summed E-state index contributed by atoms with van der Waals surface area (Å²) in [5, 5.41) is 0. The Morgan fingerprint density at radius 2 is 1.83 bits per heavy atom. The lowest BCUT2D eigenvalue weighted by atomic mass is 10.1. The van der Waals surface area contributed by atoms with Gasteiger partial charge in [-0.25, -0.2) is 4.39 Å². The molecule has 1 aromatic heterocycles. The van der Waals surface area contributed by atoms with Crippen molar-refractivity contribution in [2.75, 3.05) is 13.7 Å². The first-order valence-corrected chi connectivity index (χ1v) is 9.27. The topological polar surface area (TPSA) is 34.6 Å². The standard InChI is InChI=1S/C24H23FN2O2/c1-3-13-29-23-11-10-19(14-24(23)28-2)16-27(17-20-7-6-12-26-15-20)18-21-8-4-5-9-22(21)25/h1,4-12,14-15H,13,16-18H2,2H3. The van der Waals surface area contributed by atoms with Crippen molar-refractivity contribution in [3.63, 3.8) is 0 Å². The van der Waals surface area contributed by atoms with Crippen LogP contribution in [0.2, 0.25) is 0 Å². The Morgan fingerprint density at radius 1 is 1.00 bits per heavy atom. The van der Waals surface area contributed by atoms with Crippen LogP contribution in [0, 0.1) is 18.2 Å². The molecule has 4 nitrogen and oxygen atoms in total. The van der Waals surface area contributed by atoms with E-state index in [1.54, 1.807) is 19.4 Å². The Bertz CT molecular complexity index is 970. The molecule has 148 valence electrons. The predicted molar refractivity (Wildman–Crippen MR) is 111 cm³/mol. The van der Waals surface area contributed by atoms with Gasteiger partial charge in [0, 0.05) is 37.6 Å². The normalized spacial score (nSPS) is 10.6. The van der Waals surface area contributed by atoms with Gasteiger partial charge in [0.1, 0.15) is 12.4 Å². The first kappa shape index (κ1) is 20.4. The highest BCUT2D eigenvalue weighted by atomic mass is 19.1. The summed E-state index contributed by atoms with van der Waals surface area (Å²) >= 11 is 0. The van der Waals surface area contributed by atoms with Gasteiger partial charge in [0.2, 0.25) is 0 Å². The molecule has 0 saturated heterocycles. The molecular formula is C24H23FN2O2. The maximum Gasteiger partial charge on any atom is 0.162 e. The third-order valence-electron chi connectivity index (χ3n) is 4.43. The lowest BCUT2D eigenvalue weighted by Crippen LogP contribution is -2.23. The summed E-state index contributed by atoms with van der Waals surface area (Å²) in [7, 11) is 1.59. The highest BCUT2D eigenvalue weighted by molar-refractivity contribution is 5.43. The van der Waals surface area contributed by atoms with E-state index < -0.39 is 0 Å². The van der Waals surface area contributed by atoms with Crippen LogP contribution in [0.15, 0.2) is 67.0 Å². The molecule has 1 heterocycles. The van der Waals surface area contributed by atoms with Gasteiger partial charge in [-0.05, 0) is 35.4 Å². The molecule has 0 aliphatic carbocycles. The summed E-state index contributed by atoms with van der Waals surface area (Å²) in [6, 6.07) is 16.5. The Hall–Kier alpha value is -3.36.